The van der Waals surface area contributed by atoms with Crippen molar-refractivity contribution >= 4 is 21.7 Å². The zero-order chi connectivity index (χ0) is 15.3. The molecule has 0 aliphatic carbocycles. The van der Waals surface area contributed by atoms with E-state index in [9.17, 15) is 9.32 Å². The SMILES string of the molecule is Cc1ccc2cc(C3(O)CC4CCCC(C3)S4=O)ccc2n1. The summed E-state index contributed by atoms with van der Waals surface area (Å²) in [4.78, 5) is 4.52. The Morgan fingerprint density at radius 1 is 1.18 bits per heavy atom. The van der Waals surface area contributed by atoms with Gasteiger partial charge in [0.25, 0.3) is 0 Å². The molecule has 0 amide bonds. The van der Waals surface area contributed by atoms with Gasteiger partial charge in [-0.2, -0.15) is 0 Å². The molecule has 1 aromatic heterocycles. The van der Waals surface area contributed by atoms with E-state index in [0.29, 0.717) is 12.8 Å². The Labute approximate surface area is 133 Å². The topological polar surface area (TPSA) is 50.2 Å². The third kappa shape index (κ3) is 2.29. The van der Waals surface area contributed by atoms with Crippen molar-refractivity contribution in [2.45, 2.75) is 55.1 Å². The standard InChI is InChI=1S/C18H21NO2S/c1-12-5-6-13-9-14(7-8-17(13)19-12)18(20)10-15-3-2-4-16(11-18)22(15)21/h5-9,15-16,20H,2-4,10-11H2,1H3. The van der Waals surface area contributed by atoms with Gasteiger partial charge in [0.1, 0.15) is 0 Å². The first-order chi connectivity index (χ1) is 10.5. The van der Waals surface area contributed by atoms with Crippen LogP contribution in [0.4, 0.5) is 0 Å². The molecule has 2 aliphatic rings. The van der Waals surface area contributed by atoms with Gasteiger partial charge in [0.2, 0.25) is 0 Å². The first-order valence-corrected chi connectivity index (χ1v) is 9.32. The molecule has 3 nitrogen and oxygen atoms in total. The number of aliphatic hydroxyl groups is 1. The molecular weight excluding hydrogens is 294 g/mol. The smallest absolute Gasteiger partial charge is 0.0919 e. The lowest BCUT2D eigenvalue weighted by Gasteiger charge is -2.43. The predicted octanol–water partition coefficient (Wildman–Crippen LogP) is 3.19. The van der Waals surface area contributed by atoms with E-state index < -0.39 is 16.4 Å². The van der Waals surface area contributed by atoms with Crippen molar-refractivity contribution in [1.82, 2.24) is 4.98 Å². The second kappa shape index (κ2) is 5.14. The summed E-state index contributed by atoms with van der Waals surface area (Å²) in [6.07, 6.45) is 4.37. The minimum absolute atomic E-state index is 0.157. The zero-order valence-electron chi connectivity index (χ0n) is 12.8. The molecule has 0 spiro atoms. The molecule has 1 aromatic carbocycles. The van der Waals surface area contributed by atoms with Crippen LogP contribution in [0.3, 0.4) is 0 Å². The largest absolute Gasteiger partial charge is 0.385 e. The van der Waals surface area contributed by atoms with Crippen molar-refractivity contribution in [3.8, 4) is 0 Å². The van der Waals surface area contributed by atoms with Crippen LogP contribution >= 0.6 is 0 Å². The molecule has 2 fully saturated rings. The second-order valence-corrected chi connectivity index (χ2v) is 8.79. The zero-order valence-corrected chi connectivity index (χ0v) is 13.6. The summed E-state index contributed by atoms with van der Waals surface area (Å²) in [6, 6.07) is 10.1. The molecule has 3 heterocycles. The summed E-state index contributed by atoms with van der Waals surface area (Å²) in [6.45, 7) is 1.98. The molecule has 0 saturated carbocycles. The van der Waals surface area contributed by atoms with Gasteiger partial charge in [0, 0.05) is 32.4 Å². The van der Waals surface area contributed by atoms with Crippen LogP contribution < -0.4 is 0 Å². The van der Waals surface area contributed by atoms with Crippen molar-refractivity contribution in [3.63, 3.8) is 0 Å². The van der Waals surface area contributed by atoms with Crippen molar-refractivity contribution in [3.05, 3.63) is 41.6 Å². The predicted molar refractivity (Wildman–Crippen MR) is 89.2 cm³/mol. The normalized spacial score (nSPS) is 34.7. The third-order valence-electron chi connectivity index (χ3n) is 5.21. The lowest BCUT2D eigenvalue weighted by molar-refractivity contribution is 0.00666. The van der Waals surface area contributed by atoms with Crippen LogP contribution in [0.1, 0.15) is 43.4 Å². The van der Waals surface area contributed by atoms with Crippen molar-refractivity contribution in [1.29, 1.82) is 0 Å². The highest BCUT2D eigenvalue weighted by Crippen LogP contribution is 2.44. The molecule has 1 N–H and O–H groups in total. The first-order valence-electron chi connectivity index (χ1n) is 8.05. The van der Waals surface area contributed by atoms with Crippen LogP contribution in [0.2, 0.25) is 0 Å². The van der Waals surface area contributed by atoms with Crippen LogP contribution in [0.25, 0.3) is 10.9 Å². The van der Waals surface area contributed by atoms with Gasteiger partial charge in [-0.1, -0.05) is 18.6 Å². The monoisotopic (exact) mass is 315 g/mol. The molecule has 2 saturated heterocycles. The molecule has 2 bridgehead atoms. The van der Waals surface area contributed by atoms with Gasteiger partial charge < -0.3 is 5.11 Å². The summed E-state index contributed by atoms with van der Waals surface area (Å²) in [5, 5.41) is 12.6. The Hall–Kier alpha value is -1.26. The average Bonchev–Trinajstić information content (AvgIpc) is 2.48. The Morgan fingerprint density at radius 2 is 1.91 bits per heavy atom. The van der Waals surface area contributed by atoms with E-state index in [4.69, 9.17) is 0 Å². The number of benzene rings is 1. The molecule has 2 atom stereocenters. The Bertz CT molecular complexity index is 742. The maximum absolute atomic E-state index is 12.4. The lowest BCUT2D eigenvalue weighted by Crippen LogP contribution is -2.47. The average molecular weight is 315 g/mol. The number of aryl methyl sites for hydroxylation is 1. The van der Waals surface area contributed by atoms with Crippen LogP contribution in [0.5, 0.6) is 0 Å². The fourth-order valence-corrected chi connectivity index (χ4v) is 6.26. The number of hydrogen-bond acceptors (Lipinski definition) is 3. The maximum Gasteiger partial charge on any atom is 0.0919 e. The summed E-state index contributed by atoms with van der Waals surface area (Å²) >= 11 is 0. The number of hydrogen-bond donors (Lipinski definition) is 1. The van der Waals surface area contributed by atoms with Gasteiger partial charge in [-0.05, 0) is 56.4 Å². The quantitative estimate of drug-likeness (QED) is 0.879. The highest BCUT2D eigenvalue weighted by Gasteiger charge is 2.46. The fraction of sp³-hybridized carbons (Fsp3) is 0.500. The second-order valence-electron chi connectivity index (χ2n) is 6.80. The van der Waals surface area contributed by atoms with Crippen molar-refractivity contribution in [2.75, 3.05) is 0 Å². The fourth-order valence-electron chi connectivity index (χ4n) is 4.04. The molecule has 22 heavy (non-hydrogen) atoms. The highest BCUT2D eigenvalue weighted by atomic mass is 32.2. The molecule has 0 radical (unpaired) electrons. The summed E-state index contributed by atoms with van der Waals surface area (Å²) < 4.78 is 12.4. The van der Waals surface area contributed by atoms with E-state index in [1.54, 1.807) is 0 Å². The molecule has 4 heteroatoms. The molecular formula is C18H21NO2S. The van der Waals surface area contributed by atoms with Crippen LogP contribution in [0, 0.1) is 6.92 Å². The first kappa shape index (κ1) is 14.3. The molecule has 2 unspecified atom stereocenters. The van der Waals surface area contributed by atoms with Gasteiger partial charge in [0.15, 0.2) is 0 Å². The highest BCUT2D eigenvalue weighted by molar-refractivity contribution is 7.86. The summed E-state index contributed by atoms with van der Waals surface area (Å²) in [7, 11) is -0.759. The molecule has 2 aliphatic heterocycles. The molecule has 116 valence electrons. The molecule has 2 aromatic rings. The summed E-state index contributed by atoms with van der Waals surface area (Å²) in [5.41, 5.74) is 2.09. The molecule has 4 rings (SSSR count). The van der Waals surface area contributed by atoms with Gasteiger partial charge in [-0.3, -0.25) is 9.19 Å². The minimum atomic E-state index is -0.831. The lowest BCUT2D eigenvalue weighted by atomic mass is 9.80. The van der Waals surface area contributed by atoms with E-state index in [1.165, 1.54) is 0 Å². The van der Waals surface area contributed by atoms with Gasteiger partial charge in [-0.25, -0.2) is 0 Å². The van der Waals surface area contributed by atoms with Crippen LogP contribution in [-0.2, 0) is 16.4 Å². The van der Waals surface area contributed by atoms with Crippen LogP contribution in [0.15, 0.2) is 30.3 Å². The minimum Gasteiger partial charge on any atom is -0.385 e. The van der Waals surface area contributed by atoms with E-state index in [-0.39, 0.29) is 10.5 Å². The maximum atomic E-state index is 12.4. The van der Waals surface area contributed by atoms with Crippen LogP contribution in [-0.4, -0.2) is 24.8 Å². The van der Waals surface area contributed by atoms with E-state index in [1.807, 2.05) is 25.1 Å². The number of nitrogens with zero attached hydrogens (tertiary/aromatic N) is 1. The number of rotatable bonds is 1. The van der Waals surface area contributed by atoms with E-state index in [0.717, 1.165) is 41.4 Å². The Morgan fingerprint density at radius 3 is 2.64 bits per heavy atom. The Kier molecular flexibility index (Phi) is 3.35. The van der Waals surface area contributed by atoms with E-state index >= 15 is 0 Å². The number of pyridine rings is 1. The number of fused-ring (bicyclic) bond motifs is 3. The van der Waals surface area contributed by atoms with Gasteiger partial charge in [0.05, 0.1) is 11.1 Å². The van der Waals surface area contributed by atoms with Gasteiger partial charge >= 0.3 is 0 Å². The van der Waals surface area contributed by atoms with Crippen molar-refractivity contribution in [2.24, 2.45) is 0 Å². The van der Waals surface area contributed by atoms with Gasteiger partial charge in [-0.15, -0.1) is 0 Å². The number of aromatic nitrogens is 1. The third-order valence-corrected chi connectivity index (χ3v) is 7.32. The Balaban J connectivity index is 1.74. The van der Waals surface area contributed by atoms with E-state index in [2.05, 4.69) is 17.1 Å². The van der Waals surface area contributed by atoms with Crippen molar-refractivity contribution < 1.29 is 9.32 Å². The summed E-state index contributed by atoms with van der Waals surface area (Å²) in [5.74, 6) is 0.